The summed E-state index contributed by atoms with van der Waals surface area (Å²) >= 11 is 0. The van der Waals surface area contributed by atoms with Crippen LogP contribution < -0.4 is 0 Å². The quantitative estimate of drug-likeness (QED) is 0.157. The second-order valence-electron chi connectivity index (χ2n) is 17.5. The van der Waals surface area contributed by atoms with Gasteiger partial charge in [0.15, 0.2) is 0 Å². The topological polar surface area (TPSA) is 0 Å². The minimum absolute atomic E-state index is 0.0985. The van der Waals surface area contributed by atoms with E-state index in [4.69, 9.17) is 0 Å². The monoisotopic (exact) mass is 798 g/mol. The summed E-state index contributed by atoms with van der Waals surface area (Å²) in [6.45, 7) is 0. The summed E-state index contributed by atoms with van der Waals surface area (Å²) in [6.07, 6.45) is 0. The zero-order valence-corrected chi connectivity index (χ0v) is 34.7. The molecule has 0 spiro atoms. The van der Waals surface area contributed by atoms with Crippen LogP contribution in [0.5, 0.6) is 0 Å². The Hall–Kier alpha value is -7.80. The van der Waals surface area contributed by atoms with Gasteiger partial charge in [0.2, 0.25) is 0 Å². The van der Waals surface area contributed by atoms with Gasteiger partial charge in [-0.3, -0.25) is 0 Å². The number of hydrogen-bond donors (Lipinski definition) is 0. The van der Waals surface area contributed by atoms with Gasteiger partial charge in [-0.05, 0) is 135 Å². The van der Waals surface area contributed by atoms with Crippen molar-refractivity contribution < 1.29 is 0 Å². The van der Waals surface area contributed by atoms with Crippen LogP contribution in [0.15, 0.2) is 237 Å². The summed E-state index contributed by atoms with van der Waals surface area (Å²) in [5.74, 6) is 0.485. The smallest absolute Gasteiger partial charge is 0.0352 e. The number of rotatable bonds is 6. The van der Waals surface area contributed by atoms with Gasteiger partial charge in [-0.15, -0.1) is 0 Å². The van der Waals surface area contributed by atoms with Gasteiger partial charge in [0, 0.05) is 17.8 Å². The first-order valence-corrected chi connectivity index (χ1v) is 22.3. The Morgan fingerprint density at radius 2 is 0.540 bits per heavy atom. The third kappa shape index (κ3) is 5.75. The highest BCUT2D eigenvalue weighted by atomic mass is 14.4. The zero-order chi connectivity index (χ0) is 41.4. The van der Waals surface area contributed by atoms with Crippen LogP contribution in [0, 0.1) is 0 Å². The number of hydrogen-bond acceptors (Lipinski definition) is 0. The maximum Gasteiger partial charge on any atom is 0.0352 e. The largest absolute Gasteiger partial charge is 0.0622 e. The second kappa shape index (κ2) is 14.4. The van der Waals surface area contributed by atoms with Crippen molar-refractivity contribution in [3.05, 3.63) is 287 Å². The van der Waals surface area contributed by atoms with Crippen LogP contribution >= 0.6 is 0 Å². The predicted molar refractivity (Wildman–Crippen MR) is 261 cm³/mol. The molecule has 3 unspecified atom stereocenters. The van der Waals surface area contributed by atoms with Crippen molar-refractivity contribution in [2.75, 3.05) is 0 Å². The number of benzene rings is 10. The van der Waals surface area contributed by atoms with E-state index in [1.54, 1.807) is 0 Å². The standard InChI is InChI=1S/C63H42/c1-4-15-40(16-5-1)42-27-29-44(30-28-42)62-52-26-13-11-24-50(52)57-38-58-56-37-47(46-31-33-53-55(36-46)49-23-10-12-25-51(49)61(53)43-19-8-3-9-20-43)32-34-54(56)63(60(58)39-59(57)62)48-22-14-21-45(35-48)41-17-6-2-7-18-41/h1-39,61-63H. The lowest BCUT2D eigenvalue weighted by Gasteiger charge is -2.19. The van der Waals surface area contributed by atoms with Crippen LogP contribution in [0.4, 0.5) is 0 Å². The molecule has 0 radical (unpaired) electrons. The third-order valence-electron chi connectivity index (χ3n) is 14.1. The van der Waals surface area contributed by atoms with E-state index in [2.05, 4.69) is 237 Å². The van der Waals surface area contributed by atoms with Crippen LogP contribution in [0.1, 0.15) is 67.8 Å². The van der Waals surface area contributed by atoms with E-state index in [0.29, 0.717) is 0 Å². The molecule has 0 heteroatoms. The van der Waals surface area contributed by atoms with Gasteiger partial charge in [0.25, 0.3) is 0 Å². The molecule has 13 rings (SSSR count). The molecule has 0 N–H and O–H groups in total. The first kappa shape index (κ1) is 35.9. The molecule has 3 aliphatic rings. The van der Waals surface area contributed by atoms with Crippen LogP contribution in [-0.2, 0) is 0 Å². The molecular weight excluding hydrogens is 757 g/mol. The summed E-state index contributed by atoms with van der Waals surface area (Å²) in [7, 11) is 0. The molecule has 0 fully saturated rings. The molecule has 10 aromatic rings. The van der Waals surface area contributed by atoms with Gasteiger partial charge < -0.3 is 0 Å². The molecule has 294 valence electrons. The Balaban J connectivity index is 0.974. The van der Waals surface area contributed by atoms with E-state index < -0.39 is 0 Å². The van der Waals surface area contributed by atoms with Crippen molar-refractivity contribution >= 4 is 0 Å². The molecule has 0 aromatic heterocycles. The lowest BCUT2D eigenvalue weighted by Crippen LogP contribution is -2.03. The van der Waals surface area contributed by atoms with Crippen molar-refractivity contribution in [1.82, 2.24) is 0 Å². The van der Waals surface area contributed by atoms with Gasteiger partial charge in [0.05, 0.1) is 0 Å². The van der Waals surface area contributed by atoms with E-state index >= 15 is 0 Å². The minimum atomic E-state index is 0.0985. The third-order valence-corrected chi connectivity index (χ3v) is 14.1. The maximum absolute atomic E-state index is 2.58. The fraction of sp³-hybridized carbons (Fsp3) is 0.0476. The van der Waals surface area contributed by atoms with E-state index in [-0.39, 0.29) is 17.8 Å². The highest BCUT2D eigenvalue weighted by Crippen LogP contribution is 2.56. The fourth-order valence-electron chi connectivity index (χ4n) is 11.3. The highest BCUT2D eigenvalue weighted by Gasteiger charge is 2.37. The molecule has 3 aliphatic carbocycles. The van der Waals surface area contributed by atoms with Gasteiger partial charge in [-0.1, -0.05) is 218 Å². The Morgan fingerprint density at radius 1 is 0.175 bits per heavy atom. The van der Waals surface area contributed by atoms with Gasteiger partial charge in [-0.2, -0.15) is 0 Å². The summed E-state index contributed by atoms with van der Waals surface area (Å²) < 4.78 is 0. The van der Waals surface area contributed by atoms with E-state index in [0.717, 1.165) is 0 Å². The summed E-state index contributed by atoms with van der Waals surface area (Å²) in [5.41, 5.74) is 27.8. The van der Waals surface area contributed by atoms with Crippen LogP contribution in [0.25, 0.3) is 66.8 Å². The zero-order valence-electron chi connectivity index (χ0n) is 34.7. The average molecular weight is 799 g/mol. The van der Waals surface area contributed by atoms with Gasteiger partial charge in [-0.25, -0.2) is 0 Å². The Morgan fingerprint density at radius 3 is 1.16 bits per heavy atom. The SMILES string of the molecule is c1ccc(-c2ccc(C3c4ccccc4-c4cc5c(cc43)C(c3cccc(-c4ccccc4)c3)c3ccc(-c4ccc6c(c4)-c4ccccc4C6c4ccccc4)cc3-5)cc2)cc1. The van der Waals surface area contributed by atoms with Crippen LogP contribution in [0.3, 0.4) is 0 Å². The fourth-order valence-corrected chi connectivity index (χ4v) is 11.3. The van der Waals surface area contributed by atoms with E-state index in [9.17, 15) is 0 Å². The first-order chi connectivity index (χ1) is 31.2. The lowest BCUT2D eigenvalue weighted by molar-refractivity contribution is 0.982. The molecule has 63 heavy (non-hydrogen) atoms. The molecule has 0 saturated carbocycles. The molecule has 3 atom stereocenters. The van der Waals surface area contributed by atoms with Gasteiger partial charge in [0.1, 0.15) is 0 Å². The van der Waals surface area contributed by atoms with Crippen molar-refractivity contribution in [3.8, 4) is 66.8 Å². The molecule has 0 amide bonds. The molecule has 0 bridgehead atoms. The van der Waals surface area contributed by atoms with Gasteiger partial charge >= 0.3 is 0 Å². The van der Waals surface area contributed by atoms with E-state index in [1.807, 2.05) is 0 Å². The van der Waals surface area contributed by atoms with Crippen LogP contribution in [0.2, 0.25) is 0 Å². The highest BCUT2D eigenvalue weighted by molar-refractivity contribution is 5.92. The molecule has 10 aromatic carbocycles. The molecule has 0 saturated heterocycles. The second-order valence-corrected chi connectivity index (χ2v) is 17.5. The Kier molecular flexibility index (Phi) is 8.21. The predicted octanol–water partition coefficient (Wildman–Crippen LogP) is 16.2. The lowest BCUT2D eigenvalue weighted by atomic mass is 9.84. The van der Waals surface area contributed by atoms with Crippen molar-refractivity contribution in [2.45, 2.75) is 17.8 Å². The molecule has 0 heterocycles. The Bertz CT molecular complexity index is 3380. The summed E-state index contributed by atoms with van der Waals surface area (Å²) in [4.78, 5) is 0. The van der Waals surface area contributed by atoms with Crippen molar-refractivity contribution in [3.63, 3.8) is 0 Å². The normalized spacial score (nSPS) is 16.1. The number of fused-ring (bicyclic) bond motifs is 9. The molecule has 0 nitrogen and oxygen atoms in total. The van der Waals surface area contributed by atoms with Crippen LogP contribution in [-0.4, -0.2) is 0 Å². The minimum Gasteiger partial charge on any atom is -0.0622 e. The van der Waals surface area contributed by atoms with Crippen molar-refractivity contribution in [1.29, 1.82) is 0 Å². The molecule has 0 aliphatic heterocycles. The average Bonchev–Trinajstić information content (AvgIpc) is 3.99. The van der Waals surface area contributed by atoms with E-state index in [1.165, 1.54) is 117 Å². The maximum atomic E-state index is 2.58. The Labute approximate surface area is 369 Å². The summed E-state index contributed by atoms with van der Waals surface area (Å²) in [6, 6.07) is 88.7. The molecular formula is C63H42. The first-order valence-electron chi connectivity index (χ1n) is 22.3. The summed E-state index contributed by atoms with van der Waals surface area (Å²) in [5, 5.41) is 0. The van der Waals surface area contributed by atoms with Crippen molar-refractivity contribution in [2.24, 2.45) is 0 Å².